The van der Waals surface area contributed by atoms with Crippen LogP contribution in [0, 0.1) is 0 Å². The van der Waals surface area contributed by atoms with Gasteiger partial charge in [-0.3, -0.25) is 14.1 Å². The Morgan fingerprint density at radius 1 is 1.12 bits per heavy atom. The Labute approximate surface area is 152 Å². The van der Waals surface area contributed by atoms with Crippen LogP contribution in [0.1, 0.15) is 31.2 Å². The van der Waals surface area contributed by atoms with Gasteiger partial charge in [-0.05, 0) is 31.5 Å². The van der Waals surface area contributed by atoms with Crippen molar-refractivity contribution in [3.8, 4) is 0 Å². The number of nitrogens with zero attached hydrogens (tertiary/aromatic N) is 3. The lowest BCUT2D eigenvalue weighted by molar-refractivity contribution is -0.0996. The summed E-state index contributed by atoms with van der Waals surface area (Å²) >= 11 is 0. The highest BCUT2D eigenvalue weighted by Crippen LogP contribution is 2.31. The Morgan fingerprint density at radius 2 is 1.88 bits per heavy atom. The monoisotopic (exact) mass is 349 g/mol. The minimum absolute atomic E-state index is 0.0222. The Kier molecular flexibility index (Phi) is 4.57. The molecule has 134 valence electrons. The summed E-state index contributed by atoms with van der Waals surface area (Å²) in [5, 5.41) is 0. The molecule has 2 aromatic heterocycles. The van der Waals surface area contributed by atoms with Gasteiger partial charge in [-0.2, -0.15) is 0 Å². The van der Waals surface area contributed by atoms with Crippen LogP contribution in [-0.2, 0) is 11.3 Å². The minimum atomic E-state index is -0.0428. The molecular weight excluding hydrogens is 326 g/mol. The first-order valence-electron chi connectivity index (χ1n) is 9.03. The predicted octanol–water partition coefficient (Wildman–Crippen LogP) is 3.05. The Balaban J connectivity index is 1.63. The summed E-state index contributed by atoms with van der Waals surface area (Å²) in [6, 6.07) is 18.0. The molecule has 0 spiro atoms. The number of rotatable bonds is 3. The van der Waals surface area contributed by atoms with Crippen molar-refractivity contribution >= 4 is 5.65 Å². The SMILES string of the molecule is C[C@@H]1CO[C@@H](c2ccccc2)[C@H](C)N1Cc1cc(=O)n2ccccc2n1. The summed E-state index contributed by atoms with van der Waals surface area (Å²) in [6.07, 6.45) is 1.77. The maximum Gasteiger partial charge on any atom is 0.258 e. The Hall–Kier alpha value is -2.50. The van der Waals surface area contributed by atoms with Gasteiger partial charge in [0.25, 0.3) is 5.56 Å². The molecular formula is C21H23N3O2. The third kappa shape index (κ3) is 3.16. The summed E-state index contributed by atoms with van der Waals surface area (Å²) in [4.78, 5) is 19.4. The molecule has 0 N–H and O–H groups in total. The average Bonchev–Trinajstić information content (AvgIpc) is 2.66. The fourth-order valence-electron chi connectivity index (χ4n) is 3.74. The zero-order valence-corrected chi connectivity index (χ0v) is 15.1. The van der Waals surface area contributed by atoms with Gasteiger partial charge in [0.15, 0.2) is 0 Å². The maximum atomic E-state index is 12.4. The van der Waals surface area contributed by atoms with Gasteiger partial charge in [-0.15, -0.1) is 0 Å². The second-order valence-corrected chi connectivity index (χ2v) is 6.94. The number of hydrogen-bond acceptors (Lipinski definition) is 4. The molecule has 5 heteroatoms. The summed E-state index contributed by atoms with van der Waals surface area (Å²) in [6.45, 7) is 5.64. The fraction of sp³-hybridized carbons (Fsp3) is 0.333. The molecule has 0 bridgehead atoms. The Bertz CT molecular complexity index is 954. The van der Waals surface area contributed by atoms with Crippen LogP contribution in [0.4, 0.5) is 0 Å². The van der Waals surface area contributed by atoms with Crippen LogP contribution in [0.5, 0.6) is 0 Å². The molecule has 5 nitrogen and oxygen atoms in total. The van der Waals surface area contributed by atoms with Crippen LogP contribution >= 0.6 is 0 Å². The molecule has 26 heavy (non-hydrogen) atoms. The van der Waals surface area contributed by atoms with Gasteiger partial charge in [-0.1, -0.05) is 36.4 Å². The number of fused-ring (bicyclic) bond motifs is 1. The lowest BCUT2D eigenvalue weighted by Crippen LogP contribution is -2.50. The van der Waals surface area contributed by atoms with E-state index in [9.17, 15) is 4.79 Å². The van der Waals surface area contributed by atoms with Gasteiger partial charge < -0.3 is 4.74 Å². The molecule has 1 aliphatic rings. The third-order valence-corrected chi connectivity index (χ3v) is 5.14. The summed E-state index contributed by atoms with van der Waals surface area (Å²) < 4.78 is 7.69. The first-order chi connectivity index (χ1) is 12.6. The Morgan fingerprint density at radius 3 is 2.69 bits per heavy atom. The zero-order chi connectivity index (χ0) is 18.1. The van der Waals surface area contributed by atoms with Crippen molar-refractivity contribution in [2.45, 2.75) is 38.6 Å². The van der Waals surface area contributed by atoms with Crippen molar-refractivity contribution in [1.29, 1.82) is 0 Å². The van der Waals surface area contributed by atoms with E-state index in [1.165, 1.54) is 5.56 Å². The first kappa shape index (κ1) is 16.9. The zero-order valence-electron chi connectivity index (χ0n) is 15.1. The molecule has 1 fully saturated rings. The predicted molar refractivity (Wildman–Crippen MR) is 101 cm³/mol. The van der Waals surface area contributed by atoms with Crippen LogP contribution in [0.2, 0.25) is 0 Å². The van der Waals surface area contributed by atoms with E-state index in [4.69, 9.17) is 4.74 Å². The smallest absolute Gasteiger partial charge is 0.258 e. The van der Waals surface area contributed by atoms with Crippen molar-refractivity contribution in [1.82, 2.24) is 14.3 Å². The normalized spacial score (nSPS) is 24.0. The van der Waals surface area contributed by atoms with Crippen LogP contribution < -0.4 is 5.56 Å². The summed E-state index contributed by atoms with van der Waals surface area (Å²) in [5.41, 5.74) is 2.62. The lowest BCUT2D eigenvalue weighted by Gasteiger charge is -2.43. The van der Waals surface area contributed by atoms with Crippen molar-refractivity contribution in [2.24, 2.45) is 0 Å². The van der Waals surface area contributed by atoms with Crippen molar-refractivity contribution in [2.75, 3.05) is 6.61 Å². The highest BCUT2D eigenvalue weighted by atomic mass is 16.5. The molecule has 3 atom stereocenters. The van der Waals surface area contributed by atoms with Crippen LogP contribution in [0.15, 0.2) is 65.6 Å². The quantitative estimate of drug-likeness (QED) is 0.729. The molecule has 0 aliphatic carbocycles. The van der Waals surface area contributed by atoms with Gasteiger partial charge in [-0.25, -0.2) is 4.98 Å². The molecule has 3 aromatic rings. The molecule has 0 radical (unpaired) electrons. The van der Waals surface area contributed by atoms with E-state index in [1.54, 1.807) is 16.7 Å². The largest absolute Gasteiger partial charge is 0.370 e. The number of benzene rings is 1. The van der Waals surface area contributed by atoms with Crippen molar-refractivity contribution in [3.05, 3.63) is 82.4 Å². The van der Waals surface area contributed by atoms with Crippen molar-refractivity contribution < 1.29 is 4.74 Å². The van der Waals surface area contributed by atoms with Crippen LogP contribution in [0.25, 0.3) is 5.65 Å². The fourth-order valence-corrected chi connectivity index (χ4v) is 3.74. The number of aromatic nitrogens is 2. The van der Waals surface area contributed by atoms with Crippen LogP contribution in [-0.4, -0.2) is 33.0 Å². The van der Waals surface area contributed by atoms with Gasteiger partial charge in [0.05, 0.1) is 18.4 Å². The highest BCUT2D eigenvalue weighted by molar-refractivity contribution is 5.38. The molecule has 1 aliphatic heterocycles. The van der Waals surface area contributed by atoms with Gasteiger partial charge in [0, 0.05) is 30.9 Å². The molecule has 4 rings (SSSR count). The molecule has 1 aromatic carbocycles. The number of ether oxygens (including phenoxy) is 1. The second kappa shape index (κ2) is 7.02. The average molecular weight is 349 g/mol. The number of pyridine rings is 1. The van der Waals surface area contributed by atoms with E-state index in [2.05, 4.69) is 35.9 Å². The summed E-state index contributed by atoms with van der Waals surface area (Å²) in [7, 11) is 0. The lowest BCUT2D eigenvalue weighted by atomic mass is 9.98. The molecule has 3 heterocycles. The topological polar surface area (TPSA) is 46.8 Å². The standard InChI is InChI=1S/C21H23N3O2/c1-15-14-26-21(17-8-4-3-5-9-17)16(2)24(15)13-18-12-20(25)23-11-7-6-10-19(23)22-18/h3-12,15-16,21H,13-14H2,1-2H3/t15-,16+,21-/m1/s1. The van der Waals surface area contributed by atoms with Gasteiger partial charge in [0.2, 0.25) is 0 Å². The third-order valence-electron chi connectivity index (χ3n) is 5.14. The number of morpholine rings is 1. The molecule has 0 amide bonds. The molecule has 0 saturated carbocycles. The van der Waals surface area contributed by atoms with E-state index in [-0.39, 0.29) is 23.7 Å². The highest BCUT2D eigenvalue weighted by Gasteiger charge is 2.34. The maximum absolute atomic E-state index is 12.4. The van der Waals surface area contributed by atoms with Crippen LogP contribution in [0.3, 0.4) is 0 Å². The minimum Gasteiger partial charge on any atom is -0.370 e. The van der Waals surface area contributed by atoms with Gasteiger partial charge in [0.1, 0.15) is 5.65 Å². The second-order valence-electron chi connectivity index (χ2n) is 6.94. The summed E-state index contributed by atoms with van der Waals surface area (Å²) in [5.74, 6) is 0. The number of hydrogen-bond donors (Lipinski definition) is 0. The molecule has 0 unspecified atom stereocenters. The van der Waals surface area contributed by atoms with E-state index < -0.39 is 0 Å². The van der Waals surface area contributed by atoms with E-state index in [1.807, 2.05) is 36.4 Å². The van der Waals surface area contributed by atoms with E-state index in [0.29, 0.717) is 18.8 Å². The molecule has 1 saturated heterocycles. The first-order valence-corrected chi connectivity index (χ1v) is 9.03. The van der Waals surface area contributed by atoms with Gasteiger partial charge >= 0.3 is 0 Å². The van der Waals surface area contributed by atoms with E-state index in [0.717, 1.165) is 5.69 Å². The van der Waals surface area contributed by atoms with E-state index >= 15 is 0 Å². The van der Waals surface area contributed by atoms with Crippen molar-refractivity contribution in [3.63, 3.8) is 0 Å².